The summed E-state index contributed by atoms with van der Waals surface area (Å²) in [6.45, 7) is 4.08. The minimum atomic E-state index is -0.770. The van der Waals surface area contributed by atoms with Crippen LogP contribution in [0.4, 0.5) is 0 Å². The average molecular weight is 954 g/mol. The Morgan fingerprint density at radius 1 is 0.353 bits per heavy atom. The van der Waals surface area contributed by atoms with E-state index in [1.807, 2.05) is 0 Å². The molecule has 0 aromatic heterocycles. The molecule has 0 radical (unpaired) electrons. The first-order valence-electron chi connectivity index (χ1n) is 30.2. The Balaban J connectivity index is 3.42. The molecular weight excluding hydrogens is 837 g/mol. The van der Waals surface area contributed by atoms with Gasteiger partial charge in [0.1, 0.15) is 6.61 Å². The number of aliphatic hydroxyl groups excluding tert-OH is 1. The molecule has 0 aliphatic rings. The van der Waals surface area contributed by atoms with E-state index in [-0.39, 0.29) is 25.2 Å². The molecule has 1 unspecified atom stereocenters. The molecule has 0 spiro atoms. The summed E-state index contributed by atoms with van der Waals surface area (Å²) in [5.41, 5.74) is 0. The van der Waals surface area contributed by atoms with Gasteiger partial charge in [-0.25, -0.2) is 0 Å². The van der Waals surface area contributed by atoms with Crippen LogP contribution < -0.4 is 0 Å². The summed E-state index contributed by atoms with van der Waals surface area (Å²) in [6, 6.07) is 0. The fraction of sp³-hybridized carbons (Fsp3) is 0.841. The van der Waals surface area contributed by atoms with Crippen molar-refractivity contribution in [1.82, 2.24) is 0 Å². The van der Waals surface area contributed by atoms with Crippen molar-refractivity contribution in [2.45, 2.75) is 328 Å². The topological polar surface area (TPSA) is 72.8 Å². The third kappa shape index (κ3) is 56.4. The van der Waals surface area contributed by atoms with Crippen LogP contribution in [0.5, 0.6) is 0 Å². The van der Waals surface area contributed by atoms with Gasteiger partial charge in [-0.15, -0.1) is 0 Å². The summed E-state index contributed by atoms with van der Waals surface area (Å²) in [6.07, 6.45) is 78.2. The van der Waals surface area contributed by atoms with Gasteiger partial charge in [0.25, 0.3) is 0 Å². The van der Waals surface area contributed by atoms with Crippen LogP contribution in [0.25, 0.3) is 0 Å². The maximum Gasteiger partial charge on any atom is 0.306 e. The summed E-state index contributed by atoms with van der Waals surface area (Å²) in [7, 11) is 0. The second-order valence-corrected chi connectivity index (χ2v) is 20.4. The monoisotopic (exact) mass is 953 g/mol. The largest absolute Gasteiger partial charge is 0.462 e. The number of hydrogen-bond acceptors (Lipinski definition) is 5. The number of aliphatic hydroxyl groups is 1. The van der Waals surface area contributed by atoms with E-state index >= 15 is 0 Å². The number of rotatable bonds is 56. The first kappa shape index (κ1) is 65.9. The standard InChI is InChI=1S/C63H116O5/c1-3-5-7-9-11-13-15-17-19-21-23-25-27-29-30-31-32-34-36-38-40-42-44-46-48-50-52-54-56-58-63(66)68-61(59-64)60-67-62(65)57-55-53-51-49-47-45-43-41-39-37-35-33-28-26-24-22-20-18-16-14-12-10-8-6-4-2/h5,7,11,13,17,19,23,25,61,64H,3-4,6,8-10,12,14-16,18,20-22,24,26-60H2,1-2H3/b7-5-,13-11-,19-17-,25-23-. The molecule has 0 aromatic carbocycles. The summed E-state index contributed by atoms with van der Waals surface area (Å²) < 4.78 is 10.7. The lowest BCUT2D eigenvalue weighted by Gasteiger charge is -2.15. The van der Waals surface area contributed by atoms with Crippen molar-refractivity contribution < 1.29 is 24.2 Å². The van der Waals surface area contributed by atoms with Crippen molar-refractivity contribution in [1.29, 1.82) is 0 Å². The highest BCUT2D eigenvalue weighted by Crippen LogP contribution is 2.18. The summed E-state index contributed by atoms with van der Waals surface area (Å²) in [5, 5.41) is 9.67. The second kappa shape index (κ2) is 59.2. The van der Waals surface area contributed by atoms with E-state index in [1.54, 1.807) is 0 Å². The van der Waals surface area contributed by atoms with Crippen LogP contribution in [-0.2, 0) is 19.1 Å². The zero-order valence-electron chi connectivity index (χ0n) is 45.6. The van der Waals surface area contributed by atoms with Gasteiger partial charge in [-0.3, -0.25) is 9.59 Å². The van der Waals surface area contributed by atoms with E-state index in [0.717, 1.165) is 57.8 Å². The molecule has 1 atom stereocenters. The Labute approximate surface area is 424 Å². The second-order valence-electron chi connectivity index (χ2n) is 20.4. The van der Waals surface area contributed by atoms with E-state index in [1.165, 1.54) is 238 Å². The molecule has 1 N–H and O–H groups in total. The van der Waals surface area contributed by atoms with Gasteiger partial charge in [0, 0.05) is 12.8 Å². The van der Waals surface area contributed by atoms with Crippen LogP contribution in [0, 0.1) is 0 Å². The molecule has 5 heteroatoms. The maximum atomic E-state index is 12.3. The third-order valence-corrected chi connectivity index (χ3v) is 13.6. The lowest BCUT2D eigenvalue weighted by atomic mass is 10.0. The molecule has 0 aliphatic heterocycles. The van der Waals surface area contributed by atoms with Gasteiger partial charge in [0.05, 0.1) is 6.61 Å². The van der Waals surface area contributed by atoms with Crippen LogP contribution in [0.2, 0.25) is 0 Å². The summed E-state index contributed by atoms with van der Waals surface area (Å²) >= 11 is 0. The third-order valence-electron chi connectivity index (χ3n) is 13.6. The van der Waals surface area contributed by atoms with Crippen molar-refractivity contribution in [3.05, 3.63) is 48.6 Å². The Kier molecular flexibility index (Phi) is 57.3. The van der Waals surface area contributed by atoms with Crippen LogP contribution in [0.3, 0.4) is 0 Å². The fourth-order valence-corrected chi connectivity index (χ4v) is 9.14. The lowest BCUT2D eigenvalue weighted by molar-refractivity contribution is -0.161. The molecule has 0 saturated heterocycles. The van der Waals surface area contributed by atoms with Gasteiger partial charge in [-0.05, 0) is 51.4 Å². The van der Waals surface area contributed by atoms with Crippen LogP contribution in [0.15, 0.2) is 48.6 Å². The molecule has 0 aliphatic carbocycles. The van der Waals surface area contributed by atoms with Gasteiger partial charge in [0.2, 0.25) is 0 Å². The minimum Gasteiger partial charge on any atom is -0.462 e. The van der Waals surface area contributed by atoms with Gasteiger partial charge < -0.3 is 14.6 Å². The summed E-state index contributed by atoms with van der Waals surface area (Å²) in [5.74, 6) is -0.572. The number of esters is 2. The molecule has 68 heavy (non-hydrogen) atoms. The molecule has 0 fully saturated rings. The molecule has 5 nitrogen and oxygen atoms in total. The molecule has 398 valence electrons. The van der Waals surface area contributed by atoms with E-state index < -0.39 is 6.10 Å². The highest BCUT2D eigenvalue weighted by atomic mass is 16.6. The number of ether oxygens (including phenoxy) is 2. The fourth-order valence-electron chi connectivity index (χ4n) is 9.14. The van der Waals surface area contributed by atoms with Gasteiger partial charge in [-0.1, -0.05) is 306 Å². The van der Waals surface area contributed by atoms with Gasteiger partial charge in [0.15, 0.2) is 6.10 Å². The zero-order valence-corrected chi connectivity index (χ0v) is 45.6. The number of unbranched alkanes of at least 4 members (excludes halogenated alkanes) is 40. The van der Waals surface area contributed by atoms with Crippen molar-refractivity contribution in [2.24, 2.45) is 0 Å². The molecule has 0 rings (SSSR count). The Morgan fingerprint density at radius 3 is 0.956 bits per heavy atom. The SMILES string of the molecule is CC/C=C\C/C=C\C/C=C\C/C=C\CCCCCCCCCCCCCCCCCCC(=O)OC(CO)COC(=O)CCCCCCCCCCCCCCCCCCCCCCCCCCC. The lowest BCUT2D eigenvalue weighted by Crippen LogP contribution is -2.28. The maximum absolute atomic E-state index is 12.3. The first-order valence-corrected chi connectivity index (χ1v) is 30.2. The highest BCUT2D eigenvalue weighted by Gasteiger charge is 2.16. The molecule has 0 aromatic rings. The quantitative estimate of drug-likeness (QED) is 0.0374. The van der Waals surface area contributed by atoms with Crippen molar-refractivity contribution >= 4 is 11.9 Å². The van der Waals surface area contributed by atoms with Crippen molar-refractivity contribution in [3.8, 4) is 0 Å². The molecule has 0 bridgehead atoms. The van der Waals surface area contributed by atoms with E-state index in [0.29, 0.717) is 12.8 Å². The van der Waals surface area contributed by atoms with Crippen molar-refractivity contribution in [2.75, 3.05) is 13.2 Å². The Hall–Kier alpha value is -2.14. The molecule has 0 saturated carbocycles. The van der Waals surface area contributed by atoms with E-state index in [2.05, 4.69) is 62.5 Å². The molecular formula is C63H116O5. The molecule has 0 amide bonds. The van der Waals surface area contributed by atoms with E-state index in [9.17, 15) is 14.7 Å². The Morgan fingerprint density at radius 2 is 0.632 bits per heavy atom. The predicted octanol–water partition coefficient (Wildman–Crippen LogP) is 20.4. The average Bonchev–Trinajstić information content (AvgIpc) is 3.34. The van der Waals surface area contributed by atoms with Crippen LogP contribution in [-0.4, -0.2) is 36.4 Å². The highest BCUT2D eigenvalue weighted by molar-refractivity contribution is 5.70. The number of allylic oxidation sites excluding steroid dienone is 8. The smallest absolute Gasteiger partial charge is 0.306 e. The number of carbonyl (C=O) groups is 2. The first-order chi connectivity index (χ1) is 33.6. The van der Waals surface area contributed by atoms with Crippen LogP contribution in [0.1, 0.15) is 322 Å². The normalized spacial score (nSPS) is 12.5. The Bertz CT molecular complexity index is 1120. The van der Waals surface area contributed by atoms with E-state index in [4.69, 9.17) is 9.47 Å². The van der Waals surface area contributed by atoms with Gasteiger partial charge >= 0.3 is 11.9 Å². The molecule has 0 heterocycles. The predicted molar refractivity (Wildman–Crippen MR) is 297 cm³/mol. The zero-order chi connectivity index (χ0) is 49.2. The van der Waals surface area contributed by atoms with Gasteiger partial charge in [-0.2, -0.15) is 0 Å². The van der Waals surface area contributed by atoms with Crippen LogP contribution >= 0.6 is 0 Å². The summed E-state index contributed by atoms with van der Waals surface area (Å²) in [4.78, 5) is 24.6. The number of carbonyl (C=O) groups excluding carboxylic acids is 2. The minimum absolute atomic E-state index is 0.0608. The number of hydrogen-bond donors (Lipinski definition) is 1. The van der Waals surface area contributed by atoms with Crippen molar-refractivity contribution in [3.63, 3.8) is 0 Å².